The number of H-pyrrole nitrogens is 1. The lowest BCUT2D eigenvalue weighted by molar-refractivity contribution is 0.0664. The number of carbonyl (C=O) groups excluding carboxylic acids is 1. The van der Waals surface area contributed by atoms with Gasteiger partial charge in [-0.25, -0.2) is 14.2 Å². The van der Waals surface area contributed by atoms with Crippen molar-refractivity contribution in [3.63, 3.8) is 0 Å². The average molecular weight is 291 g/mol. The minimum atomic E-state index is -1.28. The fourth-order valence-corrected chi connectivity index (χ4v) is 1.98. The SMILES string of the molecule is CC(c1ccccc1F)N(C)C(=O)c1nc[nH]c1C(=O)O. The van der Waals surface area contributed by atoms with Gasteiger partial charge in [0.15, 0.2) is 11.4 Å². The van der Waals surface area contributed by atoms with Crippen molar-refractivity contribution in [2.24, 2.45) is 0 Å². The molecule has 1 atom stereocenters. The molecule has 0 spiro atoms. The van der Waals surface area contributed by atoms with Crippen molar-refractivity contribution >= 4 is 11.9 Å². The second-order valence-corrected chi connectivity index (χ2v) is 4.54. The molecule has 0 aliphatic heterocycles. The van der Waals surface area contributed by atoms with Crippen LogP contribution < -0.4 is 0 Å². The number of carboxylic acid groups (broad SMARTS) is 1. The van der Waals surface area contributed by atoms with Gasteiger partial charge in [-0.05, 0) is 13.0 Å². The number of nitrogens with zero attached hydrogens (tertiary/aromatic N) is 2. The third kappa shape index (κ3) is 2.76. The van der Waals surface area contributed by atoms with Gasteiger partial charge in [0.25, 0.3) is 5.91 Å². The molecule has 2 rings (SSSR count). The van der Waals surface area contributed by atoms with E-state index >= 15 is 0 Å². The summed E-state index contributed by atoms with van der Waals surface area (Å²) in [6, 6.07) is 5.55. The van der Waals surface area contributed by atoms with Crippen molar-refractivity contribution in [3.8, 4) is 0 Å². The number of aromatic carboxylic acids is 1. The molecule has 1 amide bonds. The number of benzene rings is 1. The molecule has 1 unspecified atom stereocenters. The highest BCUT2D eigenvalue weighted by Gasteiger charge is 2.26. The van der Waals surface area contributed by atoms with E-state index in [1.165, 1.54) is 18.0 Å². The van der Waals surface area contributed by atoms with Gasteiger partial charge >= 0.3 is 5.97 Å². The Morgan fingerprint density at radius 2 is 2.05 bits per heavy atom. The largest absolute Gasteiger partial charge is 0.477 e. The number of halogens is 1. The van der Waals surface area contributed by atoms with E-state index < -0.39 is 23.7 Å². The van der Waals surface area contributed by atoms with Crippen LogP contribution in [0.15, 0.2) is 30.6 Å². The number of aromatic amines is 1. The summed E-state index contributed by atoms with van der Waals surface area (Å²) in [5.74, 6) is -2.29. The van der Waals surface area contributed by atoms with Gasteiger partial charge in [0.2, 0.25) is 0 Å². The molecule has 1 aromatic heterocycles. The highest BCUT2D eigenvalue weighted by Crippen LogP contribution is 2.23. The highest BCUT2D eigenvalue weighted by atomic mass is 19.1. The number of carbonyl (C=O) groups is 2. The number of carboxylic acids is 1. The number of aromatic nitrogens is 2. The molecular weight excluding hydrogens is 277 g/mol. The number of rotatable bonds is 4. The van der Waals surface area contributed by atoms with Crippen molar-refractivity contribution in [1.82, 2.24) is 14.9 Å². The molecule has 0 aliphatic carbocycles. The third-order valence-corrected chi connectivity index (χ3v) is 3.31. The van der Waals surface area contributed by atoms with Crippen LogP contribution in [0, 0.1) is 5.82 Å². The molecule has 0 aliphatic rings. The molecule has 0 saturated carbocycles. The second-order valence-electron chi connectivity index (χ2n) is 4.54. The molecule has 2 N–H and O–H groups in total. The smallest absolute Gasteiger partial charge is 0.354 e. The van der Waals surface area contributed by atoms with Crippen LogP contribution in [0.3, 0.4) is 0 Å². The predicted molar refractivity (Wildman–Crippen MR) is 72.5 cm³/mol. The molecule has 6 nitrogen and oxygen atoms in total. The number of hydrogen-bond donors (Lipinski definition) is 2. The summed E-state index contributed by atoms with van der Waals surface area (Å²) in [7, 11) is 1.47. The van der Waals surface area contributed by atoms with Crippen molar-refractivity contribution in [2.75, 3.05) is 7.05 Å². The van der Waals surface area contributed by atoms with Gasteiger partial charge in [0.05, 0.1) is 12.4 Å². The Balaban J connectivity index is 2.29. The number of nitrogens with one attached hydrogen (secondary N) is 1. The first-order chi connectivity index (χ1) is 9.93. The Morgan fingerprint density at radius 1 is 1.38 bits per heavy atom. The molecule has 21 heavy (non-hydrogen) atoms. The fraction of sp³-hybridized carbons (Fsp3) is 0.214. The molecule has 1 aromatic carbocycles. The Morgan fingerprint density at radius 3 is 2.67 bits per heavy atom. The van der Waals surface area contributed by atoms with Crippen LogP contribution >= 0.6 is 0 Å². The van der Waals surface area contributed by atoms with E-state index in [4.69, 9.17) is 5.11 Å². The standard InChI is InChI=1S/C14H14FN3O3/c1-8(9-5-3-4-6-10(9)15)18(2)13(19)11-12(14(20)21)17-7-16-11/h3-8H,1-2H3,(H,16,17)(H,20,21). The summed E-state index contributed by atoms with van der Waals surface area (Å²) in [6.45, 7) is 1.66. The van der Waals surface area contributed by atoms with Crippen LogP contribution in [-0.2, 0) is 0 Å². The molecular formula is C14H14FN3O3. The summed E-state index contributed by atoms with van der Waals surface area (Å²) in [4.78, 5) is 30.7. The van der Waals surface area contributed by atoms with E-state index in [1.807, 2.05) is 0 Å². The Bertz CT molecular complexity index is 684. The van der Waals surface area contributed by atoms with E-state index in [9.17, 15) is 14.0 Å². The minimum Gasteiger partial charge on any atom is -0.477 e. The normalized spacial score (nSPS) is 12.0. The van der Waals surface area contributed by atoms with Crippen LogP contribution in [0.5, 0.6) is 0 Å². The maximum Gasteiger partial charge on any atom is 0.354 e. The van der Waals surface area contributed by atoms with E-state index in [1.54, 1.807) is 25.1 Å². The van der Waals surface area contributed by atoms with Crippen LogP contribution in [0.1, 0.15) is 39.5 Å². The molecule has 7 heteroatoms. The first-order valence-corrected chi connectivity index (χ1v) is 6.21. The quantitative estimate of drug-likeness (QED) is 0.903. The van der Waals surface area contributed by atoms with E-state index in [0.29, 0.717) is 5.56 Å². The lowest BCUT2D eigenvalue weighted by Crippen LogP contribution is -2.31. The van der Waals surface area contributed by atoms with Crippen molar-refractivity contribution in [2.45, 2.75) is 13.0 Å². The molecule has 2 aromatic rings. The summed E-state index contributed by atoms with van der Waals surface area (Å²) >= 11 is 0. The van der Waals surface area contributed by atoms with Gasteiger partial charge in [-0.15, -0.1) is 0 Å². The van der Waals surface area contributed by atoms with E-state index in [-0.39, 0.29) is 11.4 Å². The van der Waals surface area contributed by atoms with E-state index in [2.05, 4.69) is 9.97 Å². The van der Waals surface area contributed by atoms with Crippen LogP contribution in [-0.4, -0.2) is 38.9 Å². The lowest BCUT2D eigenvalue weighted by atomic mass is 10.1. The van der Waals surface area contributed by atoms with Crippen LogP contribution in [0.25, 0.3) is 0 Å². The van der Waals surface area contributed by atoms with Gasteiger partial charge in [-0.1, -0.05) is 18.2 Å². The zero-order valence-corrected chi connectivity index (χ0v) is 11.5. The highest BCUT2D eigenvalue weighted by molar-refractivity contribution is 6.02. The van der Waals surface area contributed by atoms with Crippen molar-refractivity contribution in [3.05, 3.63) is 53.4 Å². The Labute approximate surface area is 120 Å². The fourth-order valence-electron chi connectivity index (χ4n) is 1.98. The number of imidazole rings is 1. The number of hydrogen-bond acceptors (Lipinski definition) is 3. The van der Waals surface area contributed by atoms with Gasteiger partial charge in [0, 0.05) is 12.6 Å². The monoisotopic (exact) mass is 291 g/mol. The molecule has 0 saturated heterocycles. The van der Waals surface area contributed by atoms with Crippen molar-refractivity contribution in [1.29, 1.82) is 0 Å². The Hall–Kier alpha value is -2.70. The van der Waals surface area contributed by atoms with Crippen LogP contribution in [0.4, 0.5) is 4.39 Å². The zero-order chi connectivity index (χ0) is 15.6. The molecule has 0 fully saturated rings. The van der Waals surface area contributed by atoms with Gasteiger partial charge in [-0.3, -0.25) is 4.79 Å². The molecule has 110 valence electrons. The molecule has 0 bridgehead atoms. The van der Waals surface area contributed by atoms with Crippen LogP contribution in [0.2, 0.25) is 0 Å². The first kappa shape index (κ1) is 14.7. The van der Waals surface area contributed by atoms with Gasteiger partial charge in [0.1, 0.15) is 5.82 Å². The first-order valence-electron chi connectivity index (χ1n) is 6.21. The van der Waals surface area contributed by atoms with Gasteiger partial charge in [-0.2, -0.15) is 0 Å². The lowest BCUT2D eigenvalue weighted by Gasteiger charge is -2.25. The number of amides is 1. The van der Waals surface area contributed by atoms with Gasteiger partial charge < -0.3 is 15.0 Å². The Kier molecular flexibility index (Phi) is 4.02. The molecule has 0 radical (unpaired) electrons. The third-order valence-electron chi connectivity index (χ3n) is 3.31. The average Bonchev–Trinajstić information content (AvgIpc) is 2.95. The summed E-state index contributed by atoms with van der Waals surface area (Å²) in [5, 5.41) is 8.98. The zero-order valence-electron chi connectivity index (χ0n) is 11.5. The minimum absolute atomic E-state index is 0.201. The maximum absolute atomic E-state index is 13.8. The topological polar surface area (TPSA) is 86.3 Å². The summed E-state index contributed by atoms with van der Waals surface area (Å²) in [6.07, 6.45) is 1.14. The second kappa shape index (κ2) is 5.74. The van der Waals surface area contributed by atoms with E-state index in [0.717, 1.165) is 6.33 Å². The molecule has 1 heterocycles. The maximum atomic E-state index is 13.8. The summed E-state index contributed by atoms with van der Waals surface area (Å²) in [5.41, 5.74) is -0.137. The summed E-state index contributed by atoms with van der Waals surface area (Å²) < 4.78 is 13.8. The van der Waals surface area contributed by atoms with Crippen molar-refractivity contribution < 1.29 is 19.1 Å². The predicted octanol–water partition coefficient (Wildman–Crippen LogP) is 2.08.